The molecule has 0 aromatic heterocycles. The molecule has 2 heteroatoms. The molecule has 0 N–H and O–H groups in total. The Bertz CT molecular complexity index is 187. The summed E-state index contributed by atoms with van der Waals surface area (Å²) in [6, 6.07) is 0. The molecule has 1 atom stereocenters. The van der Waals surface area contributed by atoms with Gasteiger partial charge in [0.25, 0.3) is 0 Å². The number of carbonyl (C=O) groups is 1. The molecule has 0 saturated heterocycles. The summed E-state index contributed by atoms with van der Waals surface area (Å²) in [7, 11) is 0. The Hall–Kier alpha value is -0.790. The number of hydrogen-bond donors (Lipinski definition) is 0. The van der Waals surface area contributed by atoms with Crippen molar-refractivity contribution in [2.24, 2.45) is 5.92 Å². The van der Waals surface area contributed by atoms with Crippen molar-refractivity contribution in [3.63, 3.8) is 0 Å². The van der Waals surface area contributed by atoms with Gasteiger partial charge in [-0.2, -0.15) is 0 Å². The molecule has 0 aromatic carbocycles. The van der Waals surface area contributed by atoms with Crippen molar-refractivity contribution < 1.29 is 9.53 Å². The van der Waals surface area contributed by atoms with Gasteiger partial charge in [-0.3, -0.25) is 4.79 Å². The monoisotopic (exact) mass is 226 g/mol. The number of rotatable bonds is 10. The number of allylic oxidation sites excluding steroid dienone is 1. The minimum Gasteiger partial charge on any atom is -0.465 e. The lowest BCUT2D eigenvalue weighted by Crippen LogP contribution is -2.14. The molecule has 0 aromatic rings. The van der Waals surface area contributed by atoms with Crippen LogP contribution in [0.1, 0.15) is 58.8 Å². The van der Waals surface area contributed by atoms with E-state index in [0.29, 0.717) is 13.0 Å². The first-order valence-electron chi connectivity index (χ1n) is 6.49. The summed E-state index contributed by atoms with van der Waals surface area (Å²) in [5.74, 6) is -0.133. The first kappa shape index (κ1) is 15.2. The van der Waals surface area contributed by atoms with Crippen molar-refractivity contribution in [2.75, 3.05) is 6.61 Å². The van der Waals surface area contributed by atoms with Crippen molar-refractivity contribution in [1.29, 1.82) is 0 Å². The van der Waals surface area contributed by atoms with E-state index in [4.69, 9.17) is 4.74 Å². The fraction of sp³-hybridized carbons (Fsp3) is 0.786. The van der Waals surface area contributed by atoms with Crippen molar-refractivity contribution in [3.05, 3.63) is 12.7 Å². The Morgan fingerprint density at radius 1 is 1.25 bits per heavy atom. The third-order valence-corrected chi connectivity index (χ3v) is 2.66. The summed E-state index contributed by atoms with van der Waals surface area (Å²) in [6.07, 6.45) is 9.78. The lowest BCUT2D eigenvalue weighted by atomic mass is 10.1. The SMILES string of the molecule is C=CCC(C)C(=O)OCCCCCCCC. The standard InChI is InChI=1S/C14H26O2/c1-4-6-7-8-9-10-12-16-14(15)13(3)11-5-2/h5,13H,2,4,6-12H2,1,3H3. The van der Waals surface area contributed by atoms with Crippen LogP contribution < -0.4 is 0 Å². The number of unbranched alkanes of at least 4 members (excludes halogenated alkanes) is 5. The van der Waals surface area contributed by atoms with Crippen LogP contribution in [0.2, 0.25) is 0 Å². The van der Waals surface area contributed by atoms with E-state index in [-0.39, 0.29) is 11.9 Å². The summed E-state index contributed by atoms with van der Waals surface area (Å²) < 4.78 is 5.18. The van der Waals surface area contributed by atoms with E-state index >= 15 is 0 Å². The Labute approximate surface area is 100 Å². The Kier molecular flexibility index (Phi) is 10.2. The van der Waals surface area contributed by atoms with Gasteiger partial charge in [0.1, 0.15) is 0 Å². The largest absolute Gasteiger partial charge is 0.465 e. The minimum atomic E-state index is -0.0894. The van der Waals surface area contributed by atoms with E-state index < -0.39 is 0 Å². The zero-order valence-corrected chi connectivity index (χ0v) is 10.8. The van der Waals surface area contributed by atoms with E-state index in [1.165, 1.54) is 32.1 Å². The van der Waals surface area contributed by atoms with Crippen LogP contribution in [0.5, 0.6) is 0 Å². The van der Waals surface area contributed by atoms with Crippen molar-refractivity contribution in [1.82, 2.24) is 0 Å². The summed E-state index contributed by atoms with van der Waals surface area (Å²) >= 11 is 0. The highest BCUT2D eigenvalue weighted by Crippen LogP contribution is 2.07. The first-order chi connectivity index (χ1) is 7.72. The van der Waals surface area contributed by atoms with Gasteiger partial charge in [0, 0.05) is 0 Å². The van der Waals surface area contributed by atoms with Crippen LogP contribution in [0.25, 0.3) is 0 Å². The van der Waals surface area contributed by atoms with E-state index in [9.17, 15) is 4.79 Å². The van der Waals surface area contributed by atoms with Crippen LogP contribution in [0, 0.1) is 5.92 Å². The number of carbonyl (C=O) groups excluding carboxylic acids is 1. The van der Waals surface area contributed by atoms with Crippen LogP contribution in [-0.4, -0.2) is 12.6 Å². The third-order valence-electron chi connectivity index (χ3n) is 2.66. The van der Waals surface area contributed by atoms with Gasteiger partial charge in [0.2, 0.25) is 0 Å². The maximum atomic E-state index is 11.4. The Morgan fingerprint density at radius 2 is 1.88 bits per heavy atom. The summed E-state index contributed by atoms with van der Waals surface area (Å²) in [5.41, 5.74) is 0. The molecule has 0 aliphatic carbocycles. The topological polar surface area (TPSA) is 26.3 Å². The molecule has 0 fully saturated rings. The van der Waals surface area contributed by atoms with Gasteiger partial charge in [0.15, 0.2) is 0 Å². The molecule has 0 saturated carbocycles. The molecule has 0 bridgehead atoms. The summed E-state index contributed by atoms with van der Waals surface area (Å²) in [4.78, 5) is 11.4. The van der Waals surface area contributed by atoms with Gasteiger partial charge in [-0.1, -0.05) is 52.0 Å². The van der Waals surface area contributed by atoms with E-state index in [1.807, 2.05) is 6.92 Å². The van der Waals surface area contributed by atoms with Gasteiger partial charge >= 0.3 is 5.97 Å². The van der Waals surface area contributed by atoms with Crippen molar-refractivity contribution >= 4 is 5.97 Å². The molecule has 0 amide bonds. The quantitative estimate of drug-likeness (QED) is 0.318. The molecular formula is C14H26O2. The fourth-order valence-electron chi connectivity index (χ4n) is 1.54. The normalized spacial score (nSPS) is 12.1. The zero-order valence-electron chi connectivity index (χ0n) is 10.8. The van der Waals surface area contributed by atoms with Gasteiger partial charge in [-0.05, 0) is 12.8 Å². The maximum absolute atomic E-state index is 11.4. The Balaban J connectivity index is 3.30. The second-order valence-electron chi connectivity index (χ2n) is 4.36. The summed E-state index contributed by atoms with van der Waals surface area (Å²) in [6.45, 7) is 8.28. The van der Waals surface area contributed by atoms with Crippen LogP contribution in [-0.2, 0) is 9.53 Å². The molecule has 2 nitrogen and oxygen atoms in total. The molecule has 0 aliphatic heterocycles. The van der Waals surface area contributed by atoms with Crippen LogP contribution >= 0.6 is 0 Å². The average Bonchev–Trinajstić information content (AvgIpc) is 2.28. The average molecular weight is 226 g/mol. The molecule has 94 valence electrons. The van der Waals surface area contributed by atoms with E-state index in [1.54, 1.807) is 6.08 Å². The smallest absolute Gasteiger partial charge is 0.308 e. The van der Waals surface area contributed by atoms with E-state index in [0.717, 1.165) is 6.42 Å². The zero-order chi connectivity index (χ0) is 12.2. The molecule has 16 heavy (non-hydrogen) atoms. The van der Waals surface area contributed by atoms with Crippen LogP contribution in [0.15, 0.2) is 12.7 Å². The lowest BCUT2D eigenvalue weighted by Gasteiger charge is -2.09. The van der Waals surface area contributed by atoms with Gasteiger partial charge in [-0.25, -0.2) is 0 Å². The molecule has 0 spiro atoms. The highest BCUT2D eigenvalue weighted by molar-refractivity contribution is 5.72. The van der Waals surface area contributed by atoms with Crippen LogP contribution in [0.3, 0.4) is 0 Å². The molecular weight excluding hydrogens is 200 g/mol. The molecule has 0 radical (unpaired) electrons. The number of hydrogen-bond acceptors (Lipinski definition) is 2. The maximum Gasteiger partial charge on any atom is 0.308 e. The second-order valence-corrected chi connectivity index (χ2v) is 4.36. The first-order valence-corrected chi connectivity index (χ1v) is 6.49. The van der Waals surface area contributed by atoms with Gasteiger partial charge in [-0.15, -0.1) is 6.58 Å². The highest BCUT2D eigenvalue weighted by atomic mass is 16.5. The van der Waals surface area contributed by atoms with Gasteiger partial charge in [0.05, 0.1) is 12.5 Å². The predicted molar refractivity (Wildman–Crippen MR) is 68.3 cm³/mol. The summed E-state index contributed by atoms with van der Waals surface area (Å²) in [5, 5.41) is 0. The molecule has 0 heterocycles. The Morgan fingerprint density at radius 3 is 2.50 bits per heavy atom. The van der Waals surface area contributed by atoms with E-state index in [2.05, 4.69) is 13.5 Å². The molecule has 0 aliphatic rings. The minimum absolute atomic E-state index is 0.0439. The number of esters is 1. The highest BCUT2D eigenvalue weighted by Gasteiger charge is 2.11. The fourth-order valence-corrected chi connectivity index (χ4v) is 1.54. The third kappa shape index (κ3) is 8.51. The predicted octanol–water partition coefficient (Wildman–Crippen LogP) is 4.10. The van der Waals surface area contributed by atoms with Crippen molar-refractivity contribution in [2.45, 2.75) is 58.8 Å². The second kappa shape index (κ2) is 10.7. The molecule has 1 unspecified atom stereocenters. The lowest BCUT2D eigenvalue weighted by molar-refractivity contribution is -0.147. The van der Waals surface area contributed by atoms with Gasteiger partial charge < -0.3 is 4.74 Å². The van der Waals surface area contributed by atoms with Crippen LogP contribution in [0.4, 0.5) is 0 Å². The van der Waals surface area contributed by atoms with Crippen molar-refractivity contribution in [3.8, 4) is 0 Å². The number of ether oxygens (including phenoxy) is 1. The molecule has 0 rings (SSSR count).